The molecule has 8 heteroatoms. The van der Waals surface area contributed by atoms with Crippen molar-refractivity contribution in [3.63, 3.8) is 0 Å². The van der Waals surface area contributed by atoms with Crippen LogP contribution in [0.15, 0.2) is 47.4 Å². The number of piperazine rings is 1. The van der Waals surface area contributed by atoms with Gasteiger partial charge in [-0.3, -0.25) is 0 Å². The van der Waals surface area contributed by atoms with Crippen LogP contribution in [0, 0.1) is 0 Å². The Bertz CT molecular complexity index is 896. The number of hydrogen-bond acceptors (Lipinski definition) is 4. The van der Waals surface area contributed by atoms with Crippen LogP contribution in [-0.2, 0) is 10.0 Å². The Morgan fingerprint density at radius 2 is 1.68 bits per heavy atom. The van der Waals surface area contributed by atoms with E-state index < -0.39 is 10.0 Å². The lowest BCUT2D eigenvalue weighted by Gasteiger charge is -2.35. The van der Waals surface area contributed by atoms with Crippen molar-refractivity contribution in [2.45, 2.75) is 24.7 Å². The molecule has 1 saturated heterocycles. The molecule has 152 valence electrons. The number of ether oxygens (including phenoxy) is 1. The SMILES string of the molecule is CCCCOc1ccc(S(=O)(=O)N2CCN(c3cc(Cl)ccc3Cl)CC2)cc1. The van der Waals surface area contributed by atoms with E-state index in [9.17, 15) is 8.42 Å². The van der Waals surface area contributed by atoms with Crippen LogP contribution >= 0.6 is 23.2 Å². The van der Waals surface area contributed by atoms with Gasteiger partial charge in [-0.15, -0.1) is 0 Å². The smallest absolute Gasteiger partial charge is 0.243 e. The summed E-state index contributed by atoms with van der Waals surface area (Å²) in [5.41, 5.74) is 0.833. The average molecular weight is 443 g/mol. The van der Waals surface area contributed by atoms with Crippen LogP contribution in [0.5, 0.6) is 5.75 Å². The van der Waals surface area contributed by atoms with Gasteiger partial charge in [0, 0.05) is 31.2 Å². The fourth-order valence-corrected chi connectivity index (χ4v) is 4.91. The van der Waals surface area contributed by atoms with E-state index in [0.717, 1.165) is 18.5 Å². The van der Waals surface area contributed by atoms with Gasteiger partial charge in [0.1, 0.15) is 5.75 Å². The van der Waals surface area contributed by atoms with Crippen molar-refractivity contribution in [1.29, 1.82) is 0 Å². The maximum Gasteiger partial charge on any atom is 0.243 e. The Morgan fingerprint density at radius 3 is 2.32 bits per heavy atom. The van der Waals surface area contributed by atoms with Crippen molar-refractivity contribution in [1.82, 2.24) is 4.31 Å². The maximum atomic E-state index is 12.9. The molecule has 0 atom stereocenters. The van der Waals surface area contributed by atoms with Crippen molar-refractivity contribution in [3.05, 3.63) is 52.5 Å². The Morgan fingerprint density at radius 1 is 1.00 bits per heavy atom. The number of halogens is 2. The van der Waals surface area contributed by atoms with E-state index in [-0.39, 0.29) is 4.90 Å². The fourth-order valence-electron chi connectivity index (χ4n) is 3.09. The highest BCUT2D eigenvalue weighted by molar-refractivity contribution is 7.89. The molecule has 0 aliphatic carbocycles. The van der Waals surface area contributed by atoms with Gasteiger partial charge in [0.05, 0.1) is 22.2 Å². The molecule has 1 fully saturated rings. The molecule has 1 aliphatic heterocycles. The zero-order chi connectivity index (χ0) is 20.1. The number of anilines is 1. The number of rotatable bonds is 7. The minimum Gasteiger partial charge on any atom is -0.494 e. The third kappa shape index (κ3) is 4.92. The predicted octanol–water partition coefficient (Wildman–Crippen LogP) is 4.68. The number of sulfonamides is 1. The van der Waals surface area contributed by atoms with Gasteiger partial charge in [0.25, 0.3) is 0 Å². The second kappa shape index (κ2) is 9.35. The topological polar surface area (TPSA) is 49.9 Å². The highest BCUT2D eigenvalue weighted by Crippen LogP contribution is 2.30. The number of benzene rings is 2. The van der Waals surface area contributed by atoms with E-state index in [1.807, 2.05) is 6.07 Å². The van der Waals surface area contributed by atoms with E-state index in [4.69, 9.17) is 27.9 Å². The van der Waals surface area contributed by atoms with Crippen molar-refractivity contribution in [2.24, 2.45) is 0 Å². The van der Waals surface area contributed by atoms with E-state index in [0.29, 0.717) is 48.6 Å². The summed E-state index contributed by atoms with van der Waals surface area (Å²) >= 11 is 12.3. The molecule has 28 heavy (non-hydrogen) atoms. The summed E-state index contributed by atoms with van der Waals surface area (Å²) in [5, 5.41) is 1.22. The Hall–Kier alpha value is -1.47. The molecule has 2 aromatic carbocycles. The highest BCUT2D eigenvalue weighted by atomic mass is 35.5. The summed E-state index contributed by atoms with van der Waals surface area (Å²) in [7, 11) is -3.54. The van der Waals surface area contributed by atoms with Crippen LogP contribution < -0.4 is 9.64 Å². The van der Waals surface area contributed by atoms with Crippen LogP contribution in [0.3, 0.4) is 0 Å². The van der Waals surface area contributed by atoms with Crippen molar-refractivity contribution < 1.29 is 13.2 Å². The molecule has 0 amide bonds. The second-order valence-electron chi connectivity index (χ2n) is 6.66. The van der Waals surface area contributed by atoms with Gasteiger partial charge in [-0.2, -0.15) is 4.31 Å². The summed E-state index contributed by atoms with van der Waals surface area (Å²) in [6.45, 7) is 4.62. The fraction of sp³-hybridized carbons (Fsp3) is 0.400. The summed E-state index contributed by atoms with van der Waals surface area (Å²) < 4.78 is 33.0. The van der Waals surface area contributed by atoms with E-state index in [2.05, 4.69) is 11.8 Å². The third-order valence-electron chi connectivity index (χ3n) is 4.72. The predicted molar refractivity (Wildman–Crippen MR) is 114 cm³/mol. The molecular formula is C20H24Cl2N2O3S. The van der Waals surface area contributed by atoms with Crippen molar-refractivity contribution in [2.75, 3.05) is 37.7 Å². The largest absolute Gasteiger partial charge is 0.494 e. The molecule has 0 N–H and O–H groups in total. The van der Waals surface area contributed by atoms with Gasteiger partial charge in [-0.05, 0) is 48.9 Å². The number of nitrogens with zero attached hydrogens (tertiary/aromatic N) is 2. The summed E-state index contributed by atoms with van der Waals surface area (Å²) in [6.07, 6.45) is 2.03. The van der Waals surface area contributed by atoms with E-state index in [1.165, 1.54) is 4.31 Å². The highest BCUT2D eigenvalue weighted by Gasteiger charge is 2.29. The summed E-state index contributed by atoms with van der Waals surface area (Å²) in [5.74, 6) is 0.688. The van der Waals surface area contributed by atoms with Crippen LogP contribution in [0.4, 0.5) is 5.69 Å². The maximum absolute atomic E-state index is 12.9. The summed E-state index contributed by atoms with van der Waals surface area (Å²) in [6, 6.07) is 11.9. The first-order valence-electron chi connectivity index (χ1n) is 9.35. The lowest BCUT2D eigenvalue weighted by atomic mass is 10.2. The van der Waals surface area contributed by atoms with Crippen LogP contribution in [0.1, 0.15) is 19.8 Å². The van der Waals surface area contributed by atoms with Gasteiger partial charge in [0.15, 0.2) is 0 Å². The normalized spacial score (nSPS) is 15.6. The first kappa shape index (κ1) is 21.2. The van der Waals surface area contributed by atoms with Crippen LogP contribution in [0.2, 0.25) is 10.0 Å². The minimum absolute atomic E-state index is 0.282. The molecule has 5 nitrogen and oxygen atoms in total. The molecule has 2 aromatic rings. The minimum atomic E-state index is -3.54. The molecule has 0 radical (unpaired) electrons. The monoisotopic (exact) mass is 442 g/mol. The molecule has 0 aromatic heterocycles. The quantitative estimate of drug-likeness (QED) is 0.583. The first-order chi connectivity index (χ1) is 13.4. The zero-order valence-corrected chi connectivity index (χ0v) is 18.1. The number of unbranched alkanes of at least 4 members (excludes halogenated alkanes) is 1. The molecule has 0 bridgehead atoms. The molecule has 1 heterocycles. The second-order valence-corrected chi connectivity index (χ2v) is 9.44. The molecule has 0 saturated carbocycles. The molecular weight excluding hydrogens is 419 g/mol. The Kier molecular flexibility index (Phi) is 7.10. The van der Waals surface area contributed by atoms with Gasteiger partial charge < -0.3 is 9.64 Å². The van der Waals surface area contributed by atoms with E-state index >= 15 is 0 Å². The zero-order valence-electron chi connectivity index (χ0n) is 15.8. The van der Waals surface area contributed by atoms with E-state index in [1.54, 1.807) is 36.4 Å². The Labute approximate surface area is 176 Å². The third-order valence-corrected chi connectivity index (χ3v) is 7.18. The van der Waals surface area contributed by atoms with Crippen molar-refractivity contribution in [3.8, 4) is 5.75 Å². The lowest BCUT2D eigenvalue weighted by molar-refractivity contribution is 0.309. The van der Waals surface area contributed by atoms with Crippen LogP contribution in [-0.4, -0.2) is 45.5 Å². The molecule has 0 unspecified atom stereocenters. The molecule has 1 aliphatic rings. The number of hydrogen-bond donors (Lipinski definition) is 0. The Balaban J connectivity index is 1.65. The lowest BCUT2D eigenvalue weighted by Crippen LogP contribution is -2.48. The van der Waals surface area contributed by atoms with Gasteiger partial charge in [-0.1, -0.05) is 36.5 Å². The molecule has 3 rings (SSSR count). The standard InChI is InChI=1S/C20H24Cl2N2O3S/c1-2-3-14-27-17-5-7-18(8-6-17)28(25,26)24-12-10-23(11-13-24)20-15-16(21)4-9-19(20)22/h4-9,15H,2-3,10-14H2,1H3. The van der Waals surface area contributed by atoms with Gasteiger partial charge >= 0.3 is 0 Å². The van der Waals surface area contributed by atoms with Gasteiger partial charge in [-0.25, -0.2) is 8.42 Å². The first-order valence-corrected chi connectivity index (χ1v) is 11.5. The van der Waals surface area contributed by atoms with Crippen molar-refractivity contribution >= 4 is 38.9 Å². The van der Waals surface area contributed by atoms with Crippen LogP contribution in [0.25, 0.3) is 0 Å². The molecule has 0 spiro atoms. The average Bonchev–Trinajstić information content (AvgIpc) is 2.70. The van der Waals surface area contributed by atoms with Gasteiger partial charge in [0.2, 0.25) is 10.0 Å². The summed E-state index contributed by atoms with van der Waals surface area (Å²) in [4.78, 5) is 2.34.